The molecule has 0 fully saturated rings. The fourth-order valence-corrected chi connectivity index (χ4v) is 2.60. The second kappa shape index (κ2) is 7.43. The standard InChI is InChI=1S/C17H22ClN3/c1-13(2)20-11-14-7-6-9-16(18)17(14)21(3)12-15-8-4-5-10-19-15/h4-10,13,20H,11-12H2,1-3H3. The second-order valence-corrected chi connectivity index (χ2v) is 5.87. The van der Waals surface area contributed by atoms with Crippen molar-refractivity contribution in [3.05, 3.63) is 58.9 Å². The summed E-state index contributed by atoms with van der Waals surface area (Å²) < 4.78 is 0. The van der Waals surface area contributed by atoms with Crippen LogP contribution in [0.25, 0.3) is 0 Å². The molecule has 1 heterocycles. The Hall–Kier alpha value is -1.58. The molecule has 0 saturated carbocycles. The van der Waals surface area contributed by atoms with E-state index in [1.807, 2.05) is 36.5 Å². The molecule has 0 unspecified atom stereocenters. The molecule has 1 aromatic heterocycles. The molecule has 4 heteroatoms. The predicted octanol–water partition coefficient (Wildman–Crippen LogP) is 3.87. The summed E-state index contributed by atoms with van der Waals surface area (Å²) in [5.41, 5.74) is 3.30. The van der Waals surface area contributed by atoms with Crippen LogP contribution in [0.1, 0.15) is 25.1 Å². The van der Waals surface area contributed by atoms with Crippen molar-refractivity contribution in [2.45, 2.75) is 33.0 Å². The van der Waals surface area contributed by atoms with E-state index in [0.717, 1.165) is 29.5 Å². The van der Waals surface area contributed by atoms with Gasteiger partial charge in [-0.25, -0.2) is 0 Å². The Kier molecular flexibility index (Phi) is 5.59. The molecule has 2 rings (SSSR count). The molecular formula is C17H22ClN3. The lowest BCUT2D eigenvalue weighted by atomic mass is 10.1. The topological polar surface area (TPSA) is 28.2 Å². The van der Waals surface area contributed by atoms with Crippen LogP contribution in [0.5, 0.6) is 0 Å². The Labute approximate surface area is 132 Å². The van der Waals surface area contributed by atoms with E-state index in [9.17, 15) is 0 Å². The van der Waals surface area contributed by atoms with E-state index in [1.54, 1.807) is 0 Å². The highest BCUT2D eigenvalue weighted by molar-refractivity contribution is 6.33. The van der Waals surface area contributed by atoms with Crippen molar-refractivity contribution in [1.82, 2.24) is 10.3 Å². The van der Waals surface area contributed by atoms with Crippen LogP contribution in [-0.2, 0) is 13.1 Å². The number of anilines is 1. The molecule has 0 aliphatic heterocycles. The average molecular weight is 304 g/mol. The molecule has 21 heavy (non-hydrogen) atoms. The van der Waals surface area contributed by atoms with E-state index < -0.39 is 0 Å². The first-order valence-electron chi connectivity index (χ1n) is 7.19. The first kappa shape index (κ1) is 15.8. The summed E-state index contributed by atoms with van der Waals surface area (Å²) in [5.74, 6) is 0. The van der Waals surface area contributed by atoms with Crippen LogP contribution < -0.4 is 10.2 Å². The van der Waals surface area contributed by atoms with Crippen LogP contribution in [0.2, 0.25) is 5.02 Å². The maximum Gasteiger partial charge on any atom is 0.0642 e. The summed E-state index contributed by atoms with van der Waals surface area (Å²) in [5, 5.41) is 4.22. The van der Waals surface area contributed by atoms with E-state index in [-0.39, 0.29) is 0 Å². The number of nitrogens with one attached hydrogen (secondary N) is 1. The van der Waals surface area contributed by atoms with Gasteiger partial charge in [-0.3, -0.25) is 4.98 Å². The van der Waals surface area contributed by atoms with E-state index in [0.29, 0.717) is 6.04 Å². The second-order valence-electron chi connectivity index (χ2n) is 5.46. The summed E-state index contributed by atoms with van der Waals surface area (Å²) in [6.45, 7) is 5.82. The summed E-state index contributed by atoms with van der Waals surface area (Å²) in [6, 6.07) is 12.5. The number of halogens is 1. The minimum atomic E-state index is 0.443. The van der Waals surface area contributed by atoms with Crippen LogP contribution >= 0.6 is 11.6 Å². The number of pyridine rings is 1. The Morgan fingerprint density at radius 2 is 2.00 bits per heavy atom. The number of hydrogen-bond donors (Lipinski definition) is 1. The van der Waals surface area contributed by atoms with Gasteiger partial charge >= 0.3 is 0 Å². The van der Waals surface area contributed by atoms with Crippen molar-refractivity contribution in [1.29, 1.82) is 0 Å². The van der Waals surface area contributed by atoms with E-state index in [2.05, 4.69) is 42.2 Å². The lowest BCUT2D eigenvalue weighted by Gasteiger charge is -2.24. The van der Waals surface area contributed by atoms with Gasteiger partial charge in [0.25, 0.3) is 0 Å². The molecule has 0 saturated heterocycles. The molecule has 0 aliphatic rings. The van der Waals surface area contributed by atoms with Crippen LogP contribution in [-0.4, -0.2) is 18.1 Å². The Morgan fingerprint density at radius 3 is 2.67 bits per heavy atom. The smallest absolute Gasteiger partial charge is 0.0642 e. The van der Waals surface area contributed by atoms with Gasteiger partial charge in [0.2, 0.25) is 0 Å². The summed E-state index contributed by atoms with van der Waals surface area (Å²) in [4.78, 5) is 6.53. The van der Waals surface area contributed by atoms with Gasteiger partial charge in [0.15, 0.2) is 0 Å². The van der Waals surface area contributed by atoms with Gasteiger partial charge in [0.05, 0.1) is 22.9 Å². The van der Waals surface area contributed by atoms with Crippen molar-refractivity contribution >= 4 is 17.3 Å². The Bertz CT molecular complexity index is 570. The monoisotopic (exact) mass is 303 g/mol. The number of benzene rings is 1. The molecule has 0 bridgehead atoms. The van der Waals surface area contributed by atoms with Gasteiger partial charge in [-0.1, -0.05) is 43.6 Å². The SMILES string of the molecule is CC(C)NCc1cccc(Cl)c1N(C)Cc1ccccn1. The molecule has 3 nitrogen and oxygen atoms in total. The minimum absolute atomic E-state index is 0.443. The van der Waals surface area contributed by atoms with Crippen molar-refractivity contribution in [2.75, 3.05) is 11.9 Å². The van der Waals surface area contributed by atoms with Gasteiger partial charge in [0.1, 0.15) is 0 Å². The minimum Gasteiger partial charge on any atom is -0.367 e. The van der Waals surface area contributed by atoms with Crippen molar-refractivity contribution < 1.29 is 0 Å². The van der Waals surface area contributed by atoms with Gasteiger partial charge in [-0.15, -0.1) is 0 Å². The van der Waals surface area contributed by atoms with Crippen LogP contribution in [0, 0.1) is 0 Å². The zero-order valence-electron chi connectivity index (χ0n) is 12.8. The third kappa shape index (κ3) is 4.45. The molecule has 1 aromatic carbocycles. The first-order valence-corrected chi connectivity index (χ1v) is 7.57. The maximum absolute atomic E-state index is 6.42. The zero-order valence-corrected chi connectivity index (χ0v) is 13.6. The highest BCUT2D eigenvalue weighted by Crippen LogP contribution is 2.30. The Morgan fingerprint density at radius 1 is 1.19 bits per heavy atom. The van der Waals surface area contributed by atoms with Crippen molar-refractivity contribution in [2.24, 2.45) is 0 Å². The lowest BCUT2D eigenvalue weighted by Crippen LogP contribution is -2.25. The molecule has 0 radical (unpaired) electrons. The molecule has 0 atom stereocenters. The number of rotatable bonds is 6. The summed E-state index contributed by atoms with van der Waals surface area (Å²) in [7, 11) is 2.05. The quantitative estimate of drug-likeness (QED) is 0.878. The normalized spacial score (nSPS) is 10.9. The molecule has 112 valence electrons. The number of aromatic nitrogens is 1. The molecular weight excluding hydrogens is 282 g/mol. The molecule has 0 spiro atoms. The third-order valence-electron chi connectivity index (χ3n) is 3.28. The lowest BCUT2D eigenvalue weighted by molar-refractivity contribution is 0.588. The van der Waals surface area contributed by atoms with Crippen LogP contribution in [0.4, 0.5) is 5.69 Å². The van der Waals surface area contributed by atoms with Gasteiger partial charge in [-0.05, 0) is 23.8 Å². The molecule has 0 aliphatic carbocycles. The van der Waals surface area contributed by atoms with Gasteiger partial charge in [0, 0.05) is 25.8 Å². The van der Waals surface area contributed by atoms with E-state index in [1.165, 1.54) is 5.56 Å². The predicted molar refractivity (Wildman–Crippen MR) is 89.8 cm³/mol. The number of para-hydroxylation sites is 1. The maximum atomic E-state index is 6.42. The fourth-order valence-electron chi connectivity index (χ4n) is 2.26. The highest BCUT2D eigenvalue weighted by atomic mass is 35.5. The largest absolute Gasteiger partial charge is 0.367 e. The summed E-state index contributed by atoms with van der Waals surface area (Å²) in [6.07, 6.45) is 1.82. The van der Waals surface area contributed by atoms with E-state index >= 15 is 0 Å². The highest BCUT2D eigenvalue weighted by Gasteiger charge is 2.12. The number of hydrogen-bond acceptors (Lipinski definition) is 3. The summed E-state index contributed by atoms with van der Waals surface area (Å²) >= 11 is 6.42. The van der Waals surface area contributed by atoms with Gasteiger partial charge < -0.3 is 10.2 Å². The van der Waals surface area contributed by atoms with E-state index in [4.69, 9.17) is 11.6 Å². The third-order valence-corrected chi connectivity index (χ3v) is 3.58. The molecule has 1 N–H and O–H groups in total. The fraction of sp³-hybridized carbons (Fsp3) is 0.353. The van der Waals surface area contributed by atoms with Gasteiger partial charge in [-0.2, -0.15) is 0 Å². The zero-order chi connectivity index (χ0) is 15.2. The first-order chi connectivity index (χ1) is 10.1. The van der Waals surface area contributed by atoms with Crippen LogP contribution in [0.3, 0.4) is 0 Å². The Balaban J connectivity index is 2.20. The molecule has 0 amide bonds. The average Bonchev–Trinajstić information content (AvgIpc) is 2.46. The number of nitrogens with zero attached hydrogens (tertiary/aromatic N) is 2. The van der Waals surface area contributed by atoms with Crippen molar-refractivity contribution in [3.63, 3.8) is 0 Å². The molecule has 2 aromatic rings. The van der Waals surface area contributed by atoms with Crippen LogP contribution in [0.15, 0.2) is 42.6 Å². The van der Waals surface area contributed by atoms with Crippen molar-refractivity contribution in [3.8, 4) is 0 Å².